The number of carbonyl (C=O) groups is 1. The molecule has 0 spiro atoms. The predicted molar refractivity (Wildman–Crippen MR) is 78.3 cm³/mol. The monoisotopic (exact) mass is 284 g/mol. The third-order valence-corrected chi connectivity index (χ3v) is 3.31. The molecule has 0 unspecified atom stereocenters. The Morgan fingerprint density at radius 1 is 1.00 bits per heavy atom. The molecule has 0 radical (unpaired) electrons. The minimum atomic E-state index is -0.404. The standard InChI is InChI=1S/C17H16O4/c1-11-3-5-14(12(2)9-11)21-17(18)13-4-6-15-16(10-13)20-8-7-19-15/h3-6,9-10H,7-8H2,1-2H3. The zero-order valence-corrected chi connectivity index (χ0v) is 12.0. The fourth-order valence-corrected chi connectivity index (χ4v) is 2.24. The fraction of sp³-hybridized carbons (Fsp3) is 0.235. The smallest absolute Gasteiger partial charge is 0.343 e. The van der Waals surface area contributed by atoms with Crippen LogP contribution < -0.4 is 14.2 Å². The average molecular weight is 284 g/mol. The lowest BCUT2D eigenvalue weighted by atomic mass is 10.1. The van der Waals surface area contributed by atoms with Gasteiger partial charge in [0.2, 0.25) is 0 Å². The van der Waals surface area contributed by atoms with Crippen LogP contribution in [-0.4, -0.2) is 19.2 Å². The van der Waals surface area contributed by atoms with Crippen molar-refractivity contribution in [3.8, 4) is 17.2 Å². The second-order valence-electron chi connectivity index (χ2n) is 5.02. The van der Waals surface area contributed by atoms with Crippen molar-refractivity contribution in [2.24, 2.45) is 0 Å². The maximum atomic E-state index is 12.2. The number of benzene rings is 2. The summed E-state index contributed by atoms with van der Waals surface area (Å²) in [5.74, 6) is 1.40. The molecule has 21 heavy (non-hydrogen) atoms. The molecule has 0 aliphatic carbocycles. The predicted octanol–water partition coefficient (Wildman–Crippen LogP) is 3.29. The Hall–Kier alpha value is -2.49. The van der Waals surface area contributed by atoms with E-state index in [4.69, 9.17) is 14.2 Å². The van der Waals surface area contributed by atoms with Crippen molar-refractivity contribution in [3.63, 3.8) is 0 Å². The van der Waals surface area contributed by atoms with Crippen LogP contribution in [0.4, 0.5) is 0 Å². The van der Waals surface area contributed by atoms with Crippen LogP contribution in [0, 0.1) is 13.8 Å². The highest BCUT2D eigenvalue weighted by molar-refractivity contribution is 5.92. The second kappa shape index (κ2) is 5.48. The molecule has 0 N–H and O–H groups in total. The Morgan fingerprint density at radius 3 is 2.52 bits per heavy atom. The maximum absolute atomic E-state index is 12.2. The van der Waals surface area contributed by atoms with E-state index in [0.29, 0.717) is 36.0 Å². The van der Waals surface area contributed by atoms with Gasteiger partial charge in [-0.2, -0.15) is 0 Å². The van der Waals surface area contributed by atoms with E-state index in [1.165, 1.54) is 0 Å². The number of aryl methyl sites for hydroxylation is 2. The highest BCUT2D eigenvalue weighted by atomic mass is 16.6. The van der Waals surface area contributed by atoms with Crippen molar-refractivity contribution in [2.45, 2.75) is 13.8 Å². The Balaban J connectivity index is 1.82. The summed E-state index contributed by atoms with van der Waals surface area (Å²) in [5.41, 5.74) is 2.51. The van der Waals surface area contributed by atoms with Crippen molar-refractivity contribution in [1.82, 2.24) is 0 Å². The lowest BCUT2D eigenvalue weighted by Gasteiger charge is -2.18. The normalized spacial score (nSPS) is 12.9. The molecule has 4 heteroatoms. The maximum Gasteiger partial charge on any atom is 0.343 e. The minimum absolute atomic E-state index is 0.404. The highest BCUT2D eigenvalue weighted by Gasteiger charge is 2.16. The quantitative estimate of drug-likeness (QED) is 0.627. The first kappa shape index (κ1) is 13.5. The molecule has 0 saturated carbocycles. The van der Waals surface area contributed by atoms with Gasteiger partial charge in [0, 0.05) is 0 Å². The molecular formula is C17H16O4. The van der Waals surface area contributed by atoms with E-state index in [1.807, 2.05) is 26.0 Å². The van der Waals surface area contributed by atoms with E-state index >= 15 is 0 Å². The summed E-state index contributed by atoms with van der Waals surface area (Å²) in [6.07, 6.45) is 0. The summed E-state index contributed by atoms with van der Waals surface area (Å²) in [4.78, 5) is 12.2. The zero-order chi connectivity index (χ0) is 14.8. The van der Waals surface area contributed by atoms with Crippen molar-refractivity contribution in [3.05, 3.63) is 53.1 Å². The van der Waals surface area contributed by atoms with Crippen molar-refractivity contribution in [2.75, 3.05) is 13.2 Å². The molecule has 3 rings (SSSR count). The Kier molecular flexibility index (Phi) is 3.52. The van der Waals surface area contributed by atoms with Gasteiger partial charge in [-0.3, -0.25) is 0 Å². The lowest BCUT2D eigenvalue weighted by molar-refractivity contribution is 0.0732. The van der Waals surface area contributed by atoms with E-state index in [-0.39, 0.29) is 0 Å². The third kappa shape index (κ3) is 2.84. The van der Waals surface area contributed by atoms with Gasteiger partial charge in [-0.05, 0) is 43.7 Å². The number of fused-ring (bicyclic) bond motifs is 1. The third-order valence-electron chi connectivity index (χ3n) is 3.31. The summed E-state index contributed by atoms with van der Waals surface area (Å²) in [6.45, 7) is 4.93. The van der Waals surface area contributed by atoms with Crippen LogP contribution in [0.2, 0.25) is 0 Å². The van der Waals surface area contributed by atoms with Gasteiger partial charge >= 0.3 is 5.97 Å². The van der Waals surface area contributed by atoms with Crippen LogP contribution in [0.5, 0.6) is 17.2 Å². The number of ether oxygens (including phenoxy) is 3. The molecule has 0 aromatic heterocycles. The topological polar surface area (TPSA) is 44.8 Å². The molecule has 1 aliphatic rings. The Morgan fingerprint density at radius 2 is 1.76 bits per heavy atom. The van der Waals surface area contributed by atoms with Crippen molar-refractivity contribution < 1.29 is 19.0 Å². The second-order valence-corrected chi connectivity index (χ2v) is 5.02. The van der Waals surface area contributed by atoms with E-state index in [9.17, 15) is 4.79 Å². The number of esters is 1. The van der Waals surface area contributed by atoms with Crippen LogP contribution in [0.3, 0.4) is 0 Å². The van der Waals surface area contributed by atoms with E-state index in [0.717, 1.165) is 11.1 Å². The molecule has 0 saturated heterocycles. The van der Waals surface area contributed by atoms with Gasteiger partial charge in [0.1, 0.15) is 19.0 Å². The van der Waals surface area contributed by atoms with Crippen LogP contribution in [0.1, 0.15) is 21.5 Å². The van der Waals surface area contributed by atoms with Crippen LogP contribution in [0.25, 0.3) is 0 Å². The Bertz CT molecular complexity index is 691. The van der Waals surface area contributed by atoms with Gasteiger partial charge in [-0.15, -0.1) is 0 Å². The molecule has 0 bridgehead atoms. The highest BCUT2D eigenvalue weighted by Crippen LogP contribution is 2.31. The SMILES string of the molecule is Cc1ccc(OC(=O)c2ccc3c(c2)OCCO3)c(C)c1. The minimum Gasteiger partial charge on any atom is -0.486 e. The van der Waals surface area contributed by atoms with Crippen molar-refractivity contribution >= 4 is 5.97 Å². The number of carbonyl (C=O) groups excluding carboxylic acids is 1. The summed E-state index contributed by atoms with van der Waals surface area (Å²) in [5, 5.41) is 0. The van der Waals surface area contributed by atoms with Gasteiger partial charge in [0.25, 0.3) is 0 Å². The molecule has 108 valence electrons. The number of hydrogen-bond acceptors (Lipinski definition) is 4. The average Bonchev–Trinajstić information content (AvgIpc) is 2.49. The van der Waals surface area contributed by atoms with Gasteiger partial charge in [0.15, 0.2) is 11.5 Å². The largest absolute Gasteiger partial charge is 0.486 e. The van der Waals surface area contributed by atoms with Crippen LogP contribution >= 0.6 is 0 Å². The number of hydrogen-bond donors (Lipinski definition) is 0. The summed E-state index contributed by atoms with van der Waals surface area (Å²) >= 11 is 0. The molecule has 0 amide bonds. The Labute approximate surface area is 123 Å². The summed E-state index contributed by atoms with van der Waals surface area (Å²) in [6, 6.07) is 10.8. The first-order valence-corrected chi connectivity index (χ1v) is 6.82. The summed E-state index contributed by atoms with van der Waals surface area (Å²) in [7, 11) is 0. The molecular weight excluding hydrogens is 268 g/mol. The first-order chi connectivity index (χ1) is 10.1. The molecule has 2 aromatic rings. The molecule has 1 aliphatic heterocycles. The zero-order valence-electron chi connectivity index (χ0n) is 12.0. The summed E-state index contributed by atoms with van der Waals surface area (Å²) < 4.78 is 16.3. The van der Waals surface area contributed by atoms with Gasteiger partial charge in [0.05, 0.1) is 5.56 Å². The molecule has 0 atom stereocenters. The van der Waals surface area contributed by atoms with E-state index in [2.05, 4.69) is 0 Å². The van der Waals surface area contributed by atoms with Gasteiger partial charge in [-0.1, -0.05) is 17.7 Å². The van der Waals surface area contributed by atoms with Crippen LogP contribution in [-0.2, 0) is 0 Å². The lowest BCUT2D eigenvalue weighted by Crippen LogP contribution is -2.16. The fourth-order valence-electron chi connectivity index (χ4n) is 2.24. The van der Waals surface area contributed by atoms with Crippen LogP contribution in [0.15, 0.2) is 36.4 Å². The molecule has 1 heterocycles. The molecule has 4 nitrogen and oxygen atoms in total. The molecule has 0 fully saturated rings. The van der Waals surface area contributed by atoms with Crippen molar-refractivity contribution in [1.29, 1.82) is 0 Å². The molecule has 2 aromatic carbocycles. The first-order valence-electron chi connectivity index (χ1n) is 6.82. The van der Waals surface area contributed by atoms with Gasteiger partial charge in [-0.25, -0.2) is 4.79 Å². The van der Waals surface area contributed by atoms with E-state index in [1.54, 1.807) is 24.3 Å². The van der Waals surface area contributed by atoms with Gasteiger partial charge < -0.3 is 14.2 Å². The van der Waals surface area contributed by atoms with E-state index < -0.39 is 5.97 Å². The number of rotatable bonds is 2.